The molecule has 2 nitrogen and oxygen atoms in total. The minimum absolute atomic E-state index is 0.129. The van der Waals surface area contributed by atoms with Crippen molar-refractivity contribution in [1.29, 1.82) is 0 Å². The Morgan fingerprint density at radius 1 is 1.05 bits per heavy atom. The Bertz CT molecular complexity index is 505. The molecule has 2 rings (SSSR count). The molecular formula is C19H29BO2. The average Bonchev–Trinajstić information content (AvgIpc) is 2.67. The number of benzene rings is 1. The Labute approximate surface area is 136 Å². The minimum Gasteiger partial charge on any atom is -0.403 e. The van der Waals surface area contributed by atoms with E-state index in [0.29, 0.717) is 0 Å². The van der Waals surface area contributed by atoms with E-state index in [2.05, 4.69) is 84.0 Å². The summed E-state index contributed by atoms with van der Waals surface area (Å²) in [4.78, 5) is 0. The van der Waals surface area contributed by atoms with Gasteiger partial charge in [-0.2, -0.15) is 0 Å². The molecule has 3 heteroatoms. The number of hydrogen-bond acceptors (Lipinski definition) is 2. The van der Waals surface area contributed by atoms with Gasteiger partial charge in [-0.05, 0) is 53.0 Å². The summed E-state index contributed by atoms with van der Waals surface area (Å²) in [6.07, 6.45) is 6.36. The van der Waals surface area contributed by atoms with Crippen molar-refractivity contribution in [2.75, 3.05) is 0 Å². The normalized spacial score (nSPS) is 22.9. The third kappa shape index (κ3) is 3.47. The molecule has 1 aromatic rings. The number of rotatable bonds is 5. The van der Waals surface area contributed by atoms with Crippen LogP contribution in [0.15, 0.2) is 42.5 Å². The van der Waals surface area contributed by atoms with Crippen molar-refractivity contribution < 1.29 is 9.31 Å². The number of aryl methyl sites for hydroxylation is 1. The lowest BCUT2D eigenvalue weighted by Crippen LogP contribution is -2.41. The van der Waals surface area contributed by atoms with Gasteiger partial charge in [0, 0.05) is 5.31 Å². The number of hydrogen-bond donors (Lipinski definition) is 0. The van der Waals surface area contributed by atoms with Crippen molar-refractivity contribution in [3.8, 4) is 0 Å². The van der Waals surface area contributed by atoms with Crippen LogP contribution in [0.5, 0.6) is 0 Å². The van der Waals surface area contributed by atoms with Gasteiger partial charge in [0.2, 0.25) is 0 Å². The summed E-state index contributed by atoms with van der Waals surface area (Å²) < 4.78 is 12.6. The zero-order valence-electron chi connectivity index (χ0n) is 14.8. The molecule has 1 aliphatic rings. The molecule has 1 aromatic carbocycles. The highest BCUT2D eigenvalue weighted by atomic mass is 16.7. The van der Waals surface area contributed by atoms with Gasteiger partial charge in [-0.1, -0.05) is 49.4 Å². The van der Waals surface area contributed by atoms with Crippen molar-refractivity contribution in [2.45, 2.75) is 70.9 Å². The zero-order chi connectivity index (χ0) is 16.4. The van der Waals surface area contributed by atoms with Crippen LogP contribution in [0.1, 0.15) is 53.5 Å². The second kappa shape index (κ2) is 6.21. The fraction of sp³-hybridized carbons (Fsp3) is 0.579. The lowest BCUT2D eigenvalue weighted by Gasteiger charge is -2.32. The van der Waals surface area contributed by atoms with Crippen LogP contribution >= 0.6 is 0 Å². The molecule has 0 spiro atoms. The summed E-state index contributed by atoms with van der Waals surface area (Å²) in [6, 6.07) is 10.6. The highest BCUT2D eigenvalue weighted by Gasteiger charge is 2.56. The van der Waals surface area contributed by atoms with Gasteiger partial charge in [0.15, 0.2) is 0 Å². The fourth-order valence-electron chi connectivity index (χ4n) is 2.83. The second-order valence-electron chi connectivity index (χ2n) is 7.58. The first kappa shape index (κ1) is 17.3. The molecule has 1 saturated heterocycles. The monoisotopic (exact) mass is 300 g/mol. The highest BCUT2D eigenvalue weighted by Crippen LogP contribution is 2.47. The molecule has 0 radical (unpaired) electrons. The third-order valence-corrected chi connectivity index (χ3v) is 5.13. The quantitative estimate of drug-likeness (QED) is 0.560. The maximum atomic E-state index is 6.30. The summed E-state index contributed by atoms with van der Waals surface area (Å²) in [6.45, 7) is 12.7. The van der Waals surface area contributed by atoms with Crippen molar-refractivity contribution in [3.63, 3.8) is 0 Å². The van der Waals surface area contributed by atoms with Gasteiger partial charge in [-0.15, -0.1) is 0 Å². The SMILES string of the molecule is C/C=C/[C@@](C)(CCc1ccccc1)B1OC(C)(C)C(C)(C)O1. The maximum Gasteiger partial charge on any atom is 0.468 e. The van der Waals surface area contributed by atoms with E-state index in [9.17, 15) is 0 Å². The Morgan fingerprint density at radius 3 is 2.09 bits per heavy atom. The summed E-state index contributed by atoms with van der Waals surface area (Å²) in [5.41, 5.74) is 0.787. The van der Waals surface area contributed by atoms with Crippen LogP contribution in [0.25, 0.3) is 0 Å². The Balaban J connectivity index is 2.15. The van der Waals surface area contributed by atoms with Gasteiger partial charge in [0.05, 0.1) is 11.2 Å². The lowest BCUT2D eigenvalue weighted by molar-refractivity contribution is 0.00578. The molecule has 0 N–H and O–H groups in total. The molecular weight excluding hydrogens is 271 g/mol. The van der Waals surface area contributed by atoms with E-state index in [-0.39, 0.29) is 23.6 Å². The molecule has 1 heterocycles. The van der Waals surface area contributed by atoms with Crippen LogP contribution in [0.2, 0.25) is 5.31 Å². The standard InChI is InChI=1S/C19H29BO2/c1-7-14-19(6,15-13-16-11-9-8-10-12-16)20-21-17(2,3)18(4,5)22-20/h7-12,14H,13,15H2,1-6H3/b14-7+/t19-/m0/s1. The van der Waals surface area contributed by atoms with E-state index >= 15 is 0 Å². The van der Waals surface area contributed by atoms with E-state index in [0.717, 1.165) is 12.8 Å². The predicted molar refractivity (Wildman–Crippen MR) is 94.0 cm³/mol. The van der Waals surface area contributed by atoms with Gasteiger partial charge in [0.25, 0.3) is 0 Å². The van der Waals surface area contributed by atoms with E-state index in [1.165, 1.54) is 5.56 Å². The largest absolute Gasteiger partial charge is 0.468 e. The molecule has 1 aliphatic heterocycles. The van der Waals surface area contributed by atoms with E-state index < -0.39 is 0 Å². The maximum absolute atomic E-state index is 6.30. The third-order valence-electron chi connectivity index (χ3n) is 5.13. The van der Waals surface area contributed by atoms with Crippen molar-refractivity contribution in [1.82, 2.24) is 0 Å². The zero-order valence-corrected chi connectivity index (χ0v) is 14.8. The predicted octanol–water partition coefficient (Wildman–Crippen LogP) is 5.05. The Hall–Kier alpha value is -1.06. The highest BCUT2D eigenvalue weighted by molar-refractivity contribution is 6.50. The van der Waals surface area contributed by atoms with Gasteiger partial charge >= 0.3 is 7.12 Å². The van der Waals surface area contributed by atoms with Gasteiger partial charge in [-0.25, -0.2) is 0 Å². The first-order chi connectivity index (χ1) is 10.2. The summed E-state index contributed by atoms with van der Waals surface area (Å²) >= 11 is 0. The first-order valence-electron chi connectivity index (χ1n) is 8.24. The molecule has 1 fully saturated rings. The van der Waals surface area contributed by atoms with Gasteiger partial charge < -0.3 is 9.31 Å². The van der Waals surface area contributed by atoms with Crippen LogP contribution in [-0.2, 0) is 15.7 Å². The van der Waals surface area contributed by atoms with Crippen LogP contribution in [0.4, 0.5) is 0 Å². The average molecular weight is 300 g/mol. The molecule has 0 unspecified atom stereocenters. The van der Waals surface area contributed by atoms with E-state index in [1.54, 1.807) is 0 Å². The van der Waals surface area contributed by atoms with Crippen molar-refractivity contribution in [3.05, 3.63) is 48.0 Å². The molecule has 0 bridgehead atoms. The molecule has 120 valence electrons. The van der Waals surface area contributed by atoms with Gasteiger partial charge in [0.1, 0.15) is 0 Å². The Morgan fingerprint density at radius 2 is 1.59 bits per heavy atom. The topological polar surface area (TPSA) is 18.5 Å². The Kier molecular flexibility index (Phi) is 4.89. The molecule has 0 aliphatic carbocycles. The van der Waals surface area contributed by atoms with Crippen molar-refractivity contribution >= 4 is 7.12 Å². The molecule has 0 amide bonds. The lowest BCUT2D eigenvalue weighted by atomic mass is 9.56. The first-order valence-corrected chi connectivity index (χ1v) is 8.24. The fourth-order valence-corrected chi connectivity index (χ4v) is 2.83. The molecule has 0 aromatic heterocycles. The van der Waals surface area contributed by atoms with Crippen LogP contribution in [0, 0.1) is 0 Å². The molecule has 0 saturated carbocycles. The number of allylic oxidation sites excluding steroid dienone is 2. The summed E-state index contributed by atoms with van der Waals surface area (Å²) in [5.74, 6) is 0. The van der Waals surface area contributed by atoms with Crippen LogP contribution < -0.4 is 0 Å². The van der Waals surface area contributed by atoms with E-state index in [4.69, 9.17) is 9.31 Å². The van der Waals surface area contributed by atoms with Crippen molar-refractivity contribution in [2.24, 2.45) is 0 Å². The summed E-state index contributed by atoms with van der Waals surface area (Å²) in [7, 11) is -0.211. The smallest absolute Gasteiger partial charge is 0.403 e. The minimum atomic E-state index is -0.284. The second-order valence-corrected chi connectivity index (χ2v) is 7.58. The summed E-state index contributed by atoms with van der Waals surface area (Å²) in [5, 5.41) is -0.129. The molecule has 22 heavy (non-hydrogen) atoms. The van der Waals surface area contributed by atoms with Crippen LogP contribution in [0.3, 0.4) is 0 Å². The van der Waals surface area contributed by atoms with Crippen LogP contribution in [-0.4, -0.2) is 18.3 Å². The van der Waals surface area contributed by atoms with E-state index in [1.807, 2.05) is 0 Å². The molecule has 1 atom stereocenters. The van der Waals surface area contributed by atoms with Gasteiger partial charge in [-0.3, -0.25) is 0 Å².